The van der Waals surface area contributed by atoms with E-state index in [-0.39, 0.29) is 5.91 Å². The summed E-state index contributed by atoms with van der Waals surface area (Å²) in [6.07, 6.45) is 5.19. The van der Waals surface area contributed by atoms with E-state index in [1.807, 2.05) is 13.8 Å². The van der Waals surface area contributed by atoms with Crippen LogP contribution in [-0.4, -0.2) is 28.7 Å². The highest BCUT2D eigenvalue weighted by atomic mass is 16.1. The number of piperidine rings is 1. The van der Waals surface area contributed by atoms with E-state index in [1.165, 1.54) is 19.3 Å². The van der Waals surface area contributed by atoms with E-state index in [2.05, 4.69) is 20.8 Å². The lowest BCUT2D eigenvalue weighted by atomic mass is 10.0. The molecule has 18 heavy (non-hydrogen) atoms. The number of carbonyl (C=O) groups is 1. The predicted molar refractivity (Wildman–Crippen MR) is 71.6 cm³/mol. The molecule has 1 atom stereocenters. The van der Waals surface area contributed by atoms with Gasteiger partial charge in [0.05, 0.1) is 0 Å². The van der Waals surface area contributed by atoms with Crippen molar-refractivity contribution in [1.82, 2.24) is 15.5 Å². The van der Waals surface area contributed by atoms with Crippen LogP contribution in [0.25, 0.3) is 0 Å². The van der Waals surface area contributed by atoms with Gasteiger partial charge in [-0.25, -0.2) is 0 Å². The molecule has 1 saturated heterocycles. The highest BCUT2D eigenvalue weighted by molar-refractivity contribution is 5.90. The number of nitrogens with one attached hydrogen (secondary N) is 3. The molecule has 1 aliphatic heterocycles. The number of carbonyl (C=O) groups excluding carboxylic acids is 1. The summed E-state index contributed by atoms with van der Waals surface area (Å²) in [7, 11) is 0. The van der Waals surface area contributed by atoms with Crippen molar-refractivity contribution in [2.45, 2.75) is 52.0 Å². The van der Waals surface area contributed by atoms with Crippen LogP contribution >= 0.6 is 0 Å². The molecule has 0 aromatic carbocycles. The number of anilines is 1. The van der Waals surface area contributed by atoms with Crippen LogP contribution in [0.4, 0.5) is 5.82 Å². The highest BCUT2D eigenvalue weighted by Gasteiger charge is 2.15. The number of hydrogen-bond donors (Lipinski definition) is 3. The molecule has 0 saturated carbocycles. The molecule has 1 fully saturated rings. The van der Waals surface area contributed by atoms with Crippen molar-refractivity contribution < 1.29 is 4.79 Å². The Bertz CT molecular complexity index is 407. The van der Waals surface area contributed by atoms with E-state index >= 15 is 0 Å². The molecule has 0 radical (unpaired) electrons. The first-order valence-corrected chi connectivity index (χ1v) is 6.71. The van der Waals surface area contributed by atoms with E-state index in [4.69, 9.17) is 0 Å². The van der Waals surface area contributed by atoms with Gasteiger partial charge in [-0.1, -0.05) is 6.42 Å². The molecule has 2 heterocycles. The lowest BCUT2D eigenvalue weighted by molar-refractivity contribution is -0.116. The molecule has 1 aromatic heterocycles. The van der Waals surface area contributed by atoms with Gasteiger partial charge in [-0.3, -0.25) is 9.89 Å². The van der Waals surface area contributed by atoms with Gasteiger partial charge in [-0.15, -0.1) is 0 Å². The molecule has 5 nitrogen and oxygen atoms in total. The van der Waals surface area contributed by atoms with Crippen molar-refractivity contribution in [1.29, 1.82) is 0 Å². The van der Waals surface area contributed by atoms with Gasteiger partial charge >= 0.3 is 0 Å². The number of hydrogen-bond acceptors (Lipinski definition) is 3. The van der Waals surface area contributed by atoms with Crippen molar-refractivity contribution in [3.63, 3.8) is 0 Å². The van der Waals surface area contributed by atoms with E-state index in [0.717, 1.165) is 24.2 Å². The SMILES string of the molecule is Cc1[nH]nc(NC(=O)CCC2CCCCN2)c1C. The third-order valence-corrected chi connectivity index (χ3v) is 3.64. The van der Waals surface area contributed by atoms with Crippen LogP contribution in [0.5, 0.6) is 0 Å². The Morgan fingerprint density at radius 2 is 2.28 bits per heavy atom. The van der Waals surface area contributed by atoms with Gasteiger partial charge < -0.3 is 10.6 Å². The van der Waals surface area contributed by atoms with Crippen LogP contribution in [0.3, 0.4) is 0 Å². The summed E-state index contributed by atoms with van der Waals surface area (Å²) in [4.78, 5) is 11.8. The van der Waals surface area contributed by atoms with Gasteiger partial charge in [-0.2, -0.15) is 5.10 Å². The van der Waals surface area contributed by atoms with Gasteiger partial charge in [0.15, 0.2) is 5.82 Å². The largest absolute Gasteiger partial charge is 0.314 e. The average Bonchev–Trinajstić information content (AvgIpc) is 2.70. The minimum Gasteiger partial charge on any atom is -0.314 e. The standard InChI is InChI=1S/C13H22N4O/c1-9-10(2)16-17-13(9)15-12(18)7-6-11-5-3-4-8-14-11/h11,14H,3-8H2,1-2H3,(H2,15,16,17,18). The molecule has 1 aromatic rings. The summed E-state index contributed by atoms with van der Waals surface area (Å²) >= 11 is 0. The summed E-state index contributed by atoms with van der Waals surface area (Å²) in [5.74, 6) is 0.714. The molecule has 1 amide bonds. The third kappa shape index (κ3) is 3.32. The fourth-order valence-electron chi connectivity index (χ4n) is 2.28. The molecule has 0 aliphatic carbocycles. The minimum atomic E-state index is 0.0528. The van der Waals surface area contributed by atoms with E-state index < -0.39 is 0 Å². The van der Waals surface area contributed by atoms with Crippen molar-refractivity contribution in [3.8, 4) is 0 Å². The first kappa shape index (κ1) is 13.1. The highest BCUT2D eigenvalue weighted by Crippen LogP contribution is 2.15. The van der Waals surface area contributed by atoms with Crippen LogP contribution in [0.15, 0.2) is 0 Å². The van der Waals surface area contributed by atoms with Crippen molar-refractivity contribution in [3.05, 3.63) is 11.3 Å². The van der Waals surface area contributed by atoms with Crippen molar-refractivity contribution >= 4 is 11.7 Å². The summed E-state index contributed by atoms with van der Waals surface area (Å²) in [6, 6.07) is 0.506. The molecule has 1 aliphatic rings. The van der Waals surface area contributed by atoms with Crippen LogP contribution in [0.2, 0.25) is 0 Å². The van der Waals surface area contributed by atoms with Crippen LogP contribution in [0.1, 0.15) is 43.4 Å². The van der Waals surface area contributed by atoms with Gasteiger partial charge in [-0.05, 0) is 39.7 Å². The Morgan fingerprint density at radius 3 is 2.89 bits per heavy atom. The Labute approximate surface area is 108 Å². The summed E-state index contributed by atoms with van der Waals surface area (Å²) in [5, 5.41) is 13.3. The number of aryl methyl sites for hydroxylation is 1. The Hall–Kier alpha value is -1.36. The molecule has 0 spiro atoms. The third-order valence-electron chi connectivity index (χ3n) is 3.64. The van der Waals surface area contributed by atoms with Crippen molar-refractivity contribution in [2.75, 3.05) is 11.9 Å². The monoisotopic (exact) mass is 250 g/mol. The summed E-state index contributed by atoms with van der Waals surface area (Å²) in [6.45, 7) is 4.99. The van der Waals surface area contributed by atoms with Crippen molar-refractivity contribution in [2.24, 2.45) is 0 Å². The van der Waals surface area contributed by atoms with E-state index in [1.54, 1.807) is 0 Å². The number of rotatable bonds is 4. The molecule has 3 N–H and O–H groups in total. The summed E-state index contributed by atoms with van der Waals surface area (Å²) in [5.41, 5.74) is 2.01. The second-order valence-electron chi connectivity index (χ2n) is 5.06. The fourth-order valence-corrected chi connectivity index (χ4v) is 2.28. The van der Waals surface area contributed by atoms with Crippen LogP contribution < -0.4 is 10.6 Å². The zero-order valence-corrected chi connectivity index (χ0v) is 11.2. The Balaban J connectivity index is 1.76. The Kier molecular flexibility index (Phi) is 4.36. The van der Waals surface area contributed by atoms with Gasteiger partial charge in [0.1, 0.15) is 0 Å². The summed E-state index contributed by atoms with van der Waals surface area (Å²) < 4.78 is 0. The number of H-pyrrole nitrogens is 1. The number of aromatic amines is 1. The molecular formula is C13H22N4O. The van der Waals surface area contributed by atoms with Crippen LogP contribution in [-0.2, 0) is 4.79 Å². The normalized spacial score (nSPS) is 19.8. The Morgan fingerprint density at radius 1 is 1.44 bits per heavy atom. The maximum absolute atomic E-state index is 11.8. The topological polar surface area (TPSA) is 69.8 Å². The zero-order valence-electron chi connectivity index (χ0n) is 11.2. The zero-order chi connectivity index (χ0) is 13.0. The first-order valence-electron chi connectivity index (χ1n) is 6.71. The predicted octanol–water partition coefficient (Wildman–Crippen LogP) is 1.89. The smallest absolute Gasteiger partial charge is 0.225 e. The van der Waals surface area contributed by atoms with Gasteiger partial charge in [0.25, 0.3) is 0 Å². The second-order valence-corrected chi connectivity index (χ2v) is 5.06. The van der Waals surface area contributed by atoms with E-state index in [9.17, 15) is 4.79 Å². The fraction of sp³-hybridized carbons (Fsp3) is 0.692. The maximum atomic E-state index is 11.8. The molecular weight excluding hydrogens is 228 g/mol. The van der Waals surface area contributed by atoms with Gasteiger partial charge in [0, 0.05) is 23.7 Å². The van der Waals surface area contributed by atoms with E-state index in [0.29, 0.717) is 18.3 Å². The number of amides is 1. The molecule has 5 heteroatoms. The minimum absolute atomic E-state index is 0.0528. The lowest BCUT2D eigenvalue weighted by Gasteiger charge is -2.22. The second kappa shape index (κ2) is 6.00. The first-order chi connectivity index (χ1) is 8.66. The molecule has 0 bridgehead atoms. The maximum Gasteiger partial charge on any atom is 0.225 e. The lowest BCUT2D eigenvalue weighted by Crippen LogP contribution is -2.34. The quantitative estimate of drug-likeness (QED) is 0.764. The molecule has 2 rings (SSSR count). The average molecular weight is 250 g/mol. The number of nitrogens with zero attached hydrogens (tertiary/aromatic N) is 1. The molecule has 1 unspecified atom stereocenters. The number of aromatic nitrogens is 2. The van der Waals surface area contributed by atoms with Gasteiger partial charge in [0.2, 0.25) is 5.91 Å². The molecule has 100 valence electrons. The van der Waals surface area contributed by atoms with Crippen LogP contribution in [0, 0.1) is 13.8 Å².